The van der Waals surface area contributed by atoms with Crippen molar-refractivity contribution in [3.05, 3.63) is 40.8 Å². The van der Waals surface area contributed by atoms with Crippen molar-refractivity contribution in [2.75, 3.05) is 12.4 Å². The molecule has 2 bridgehead atoms. The summed E-state index contributed by atoms with van der Waals surface area (Å²) in [5, 5.41) is 14.8. The molecule has 2 fully saturated rings. The molecule has 2 saturated carbocycles. The molecule has 2 aliphatic rings. The number of anilines is 1. The van der Waals surface area contributed by atoms with E-state index in [1.165, 1.54) is 24.0 Å². The minimum absolute atomic E-state index is 0.0127. The van der Waals surface area contributed by atoms with Gasteiger partial charge in [0.1, 0.15) is 10.6 Å². The van der Waals surface area contributed by atoms with Gasteiger partial charge in [0.25, 0.3) is 0 Å². The summed E-state index contributed by atoms with van der Waals surface area (Å²) < 4.78 is 5.01. The molecule has 7 heteroatoms. The first-order chi connectivity index (χ1) is 15.1. The Kier molecular flexibility index (Phi) is 5.88. The highest BCUT2D eigenvalue weighted by molar-refractivity contribution is 7.15. The Labute approximate surface area is 192 Å². The van der Waals surface area contributed by atoms with Crippen molar-refractivity contribution in [1.29, 1.82) is 0 Å². The molecular weight excluding hydrogens is 426 g/mol. The summed E-state index contributed by atoms with van der Waals surface area (Å²) in [6.07, 6.45) is 2.54. The molecule has 0 aliphatic heterocycles. The maximum atomic E-state index is 13.2. The third kappa shape index (κ3) is 3.94. The van der Waals surface area contributed by atoms with Crippen LogP contribution in [-0.2, 0) is 19.7 Å². The summed E-state index contributed by atoms with van der Waals surface area (Å²) in [5.41, 5.74) is 3.06. The molecule has 2 aliphatic carbocycles. The predicted octanol–water partition coefficient (Wildman–Crippen LogP) is 5.18. The Morgan fingerprint density at radius 2 is 1.69 bits per heavy atom. The van der Waals surface area contributed by atoms with Crippen LogP contribution in [-0.4, -0.2) is 30.1 Å². The van der Waals surface area contributed by atoms with Crippen LogP contribution in [0.4, 0.5) is 5.00 Å². The lowest BCUT2D eigenvalue weighted by atomic mass is 9.78. The van der Waals surface area contributed by atoms with Gasteiger partial charge in [0.2, 0.25) is 5.91 Å². The number of rotatable bonds is 5. The number of carbonyl (C=O) groups excluding carboxylic acids is 2. The summed E-state index contributed by atoms with van der Waals surface area (Å²) in [7, 11) is 1.31. The highest BCUT2D eigenvalue weighted by Gasteiger charge is 2.54. The van der Waals surface area contributed by atoms with E-state index in [2.05, 4.69) is 26.1 Å². The van der Waals surface area contributed by atoms with Crippen LogP contribution in [0.3, 0.4) is 0 Å². The van der Waals surface area contributed by atoms with E-state index < -0.39 is 23.8 Å². The first-order valence-electron chi connectivity index (χ1n) is 11.0. The smallest absolute Gasteiger partial charge is 0.341 e. The first-order valence-corrected chi connectivity index (χ1v) is 11.8. The number of hydrogen-bond donors (Lipinski definition) is 2. The second-order valence-corrected chi connectivity index (χ2v) is 10.8. The number of aliphatic carboxylic acids is 1. The van der Waals surface area contributed by atoms with Gasteiger partial charge in [-0.1, -0.05) is 45.0 Å². The summed E-state index contributed by atoms with van der Waals surface area (Å²) in [6, 6.07) is 8.02. The number of carboxylic acids is 1. The second kappa shape index (κ2) is 8.35. The van der Waals surface area contributed by atoms with E-state index in [0.29, 0.717) is 16.1 Å². The molecule has 2 aromatic rings. The van der Waals surface area contributed by atoms with Gasteiger partial charge in [-0.3, -0.25) is 9.59 Å². The lowest BCUT2D eigenvalue weighted by Gasteiger charge is -2.26. The number of ether oxygens (including phenoxy) is 1. The van der Waals surface area contributed by atoms with Crippen molar-refractivity contribution in [2.24, 2.45) is 23.7 Å². The van der Waals surface area contributed by atoms with Crippen LogP contribution in [0.15, 0.2) is 29.6 Å². The molecule has 0 unspecified atom stereocenters. The van der Waals surface area contributed by atoms with Gasteiger partial charge in [-0.05, 0) is 47.6 Å². The van der Waals surface area contributed by atoms with Crippen molar-refractivity contribution >= 4 is 34.2 Å². The van der Waals surface area contributed by atoms with Crippen molar-refractivity contribution in [1.82, 2.24) is 0 Å². The number of thiophene rings is 1. The third-order valence-corrected chi connectivity index (χ3v) is 7.88. The van der Waals surface area contributed by atoms with Crippen LogP contribution < -0.4 is 5.32 Å². The summed E-state index contributed by atoms with van der Waals surface area (Å²) in [6.45, 7) is 6.42. The molecule has 1 amide bonds. The number of nitrogens with one attached hydrogen (secondary N) is 1. The highest BCUT2D eigenvalue weighted by Crippen LogP contribution is 2.53. The topological polar surface area (TPSA) is 92.7 Å². The zero-order valence-electron chi connectivity index (χ0n) is 18.8. The fourth-order valence-corrected chi connectivity index (χ4v) is 6.30. The molecule has 170 valence electrons. The molecule has 6 nitrogen and oxygen atoms in total. The minimum atomic E-state index is -0.906. The molecule has 0 spiro atoms. The van der Waals surface area contributed by atoms with Gasteiger partial charge < -0.3 is 15.2 Å². The lowest BCUT2D eigenvalue weighted by Crippen LogP contribution is -2.37. The highest BCUT2D eigenvalue weighted by atomic mass is 32.1. The van der Waals surface area contributed by atoms with Gasteiger partial charge in [0, 0.05) is 10.9 Å². The Morgan fingerprint density at radius 3 is 2.25 bits per heavy atom. The third-order valence-electron chi connectivity index (χ3n) is 6.98. The van der Waals surface area contributed by atoms with E-state index in [1.54, 1.807) is 0 Å². The van der Waals surface area contributed by atoms with E-state index >= 15 is 0 Å². The zero-order chi connectivity index (χ0) is 23.2. The number of esters is 1. The average molecular weight is 456 g/mol. The monoisotopic (exact) mass is 455 g/mol. The fourth-order valence-electron chi connectivity index (χ4n) is 5.34. The quantitative estimate of drug-likeness (QED) is 0.606. The van der Waals surface area contributed by atoms with Gasteiger partial charge in [0.05, 0.1) is 18.9 Å². The van der Waals surface area contributed by atoms with Crippen molar-refractivity contribution in [3.63, 3.8) is 0 Å². The number of amides is 1. The summed E-state index contributed by atoms with van der Waals surface area (Å²) in [5.74, 6) is -2.81. The molecule has 4 rings (SSSR count). The molecule has 1 aromatic carbocycles. The van der Waals surface area contributed by atoms with E-state index in [4.69, 9.17) is 4.74 Å². The van der Waals surface area contributed by atoms with Crippen LogP contribution in [0.5, 0.6) is 0 Å². The van der Waals surface area contributed by atoms with Crippen molar-refractivity contribution < 1.29 is 24.2 Å². The van der Waals surface area contributed by atoms with Gasteiger partial charge in [-0.15, -0.1) is 11.3 Å². The largest absolute Gasteiger partial charge is 0.481 e. The van der Waals surface area contributed by atoms with E-state index in [9.17, 15) is 19.5 Å². The summed E-state index contributed by atoms with van der Waals surface area (Å²) in [4.78, 5) is 37.6. The van der Waals surface area contributed by atoms with Gasteiger partial charge in [-0.2, -0.15) is 0 Å². The van der Waals surface area contributed by atoms with Gasteiger partial charge >= 0.3 is 11.9 Å². The molecule has 0 saturated heterocycles. The number of hydrogen-bond acceptors (Lipinski definition) is 5. The molecule has 32 heavy (non-hydrogen) atoms. The molecule has 4 atom stereocenters. The normalized spacial score (nSPS) is 24.4. The fraction of sp³-hybridized carbons (Fsp3) is 0.480. The van der Waals surface area contributed by atoms with E-state index in [1.807, 2.05) is 29.6 Å². The molecule has 0 radical (unpaired) electrons. The second-order valence-electron chi connectivity index (χ2n) is 9.88. The van der Waals surface area contributed by atoms with Crippen LogP contribution in [0, 0.1) is 23.7 Å². The van der Waals surface area contributed by atoms with Crippen LogP contribution >= 0.6 is 11.3 Å². The number of carboxylic acid groups (broad SMARTS) is 1. The minimum Gasteiger partial charge on any atom is -0.481 e. The molecule has 2 N–H and O–H groups in total. The molecule has 1 aromatic heterocycles. The molecule has 1 heterocycles. The Morgan fingerprint density at radius 1 is 1.06 bits per heavy atom. The van der Waals surface area contributed by atoms with Crippen LogP contribution in [0.2, 0.25) is 0 Å². The van der Waals surface area contributed by atoms with Crippen molar-refractivity contribution in [3.8, 4) is 11.1 Å². The Bertz CT molecular complexity index is 1050. The van der Waals surface area contributed by atoms with Gasteiger partial charge in [-0.25, -0.2) is 4.79 Å². The maximum absolute atomic E-state index is 13.2. The Hall–Kier alpha value is -2.67. The lowest BCUT2D eigenvalue weighted by molar-refractivity contribution is -0.148. The number of carbonyl (C=O) groups is 3. The molecular formula is C25H29NO5S. The Balaban J connectivity index is 1.64. The zero-order valence-corrected chi connectivity index (χ0v) is 19.6. The van der Waals surface area contributed by atoms with E-state index in [0.717, 1.165) is 24.8 Å². The van der Waals surface area contributed by atoms with E-state index in [-0.39, 0.29) is 23.2 Å². The van der Waals surface area contributed by atoms with Crippen molar-refractivity contribution in [2.45, 2.75) is 45.4 Å². The maximum Gasteiger partial charge on any atom is 0.341 e. The van der Waals surface area contributed by atoms with Crippen LogP contribution in [0.25, 0.3) is 11.1 Å². The average Bonchev–Trinajstić information content (AvgIpc) is 3.47. The van der Waals surface area contributed by atoms with Crippen LogP contribution in [0.1, 0.15) is 56.0 Å². The number of benzene rings is 1. The SMILES string of the molecule is COC(=O)c1c(-c2ccc(C(C)(C)C)cc2)csc1NC(=O)[C@H]1[C@H]2CC[C@@H](C2)[C@H]1C(=O)O. The summed E-state index contributed by atoms with van der Waals surface area (Å²) >= 11 is 1.26. The van der Waals surface area contributed by atoms with Gasteiger partial charge in [0.15, 0.2) is 0 Å². The number of methoxy groups -OCH3 is 1. The standard InChI is InChI=1S/C25H29NO5S/c1-25(2,3)16-9-7-13(8-10-16)17-12-32-22(20(17)24(30)31-4)26-21(27)18-14-5-6-15(11-14)19(18)23(28)29/h7-10,12,14-15,18-19H,5-6,11H2,1-4H3,(H,26,27)(H,28,29)/t14-,15-,18-,19+/m0/s1. The predicted molar refractivity (Wildman–Crippen MR) is 124 cm³/mol. The first kappa shape index (κ1) is 22.5. The number of fused-ring (bicyclic) bond motifs is 2.